The Morgan fingerprint density at radius 3 is 2.53 bits per heavy atom. The monoisotopic (exact) mass is 248 g/mol. The summed E-state index contributed by atoms with van der Waals surface area (Å²) in [6.45, 7) is 8.18. The van der Waals surface area contributed by atoms with Gasteiger partial charge in [-0.3, -0.25) is 4.57 Å². The summed E-state index contributed by atoms with van der Waals surface area (Å²) in [5.41, 5.74) is 1.86. The van der Waals surface area contributed by atoms with Crippen LogP contribution in [0.2, 0.25) is 0 Å². The summed E-state index contributed by atoms with van der Waals surface area (Å²) in [7, 11) is 0. The van der Waals surface area contributed by atoms with Crippen molar-refractivity contribution in [2.24, 2.45) is 0 Å². The SMILES string of the molecule is Cc1cc(-n2ccc(C(C)C)nc2=O)sc1C. The molecule has 0 saturated heterocycles. The lowest BCUT2D eigenvalue weighted by molar-refractivity contribution is 0.781. The molecule has 0 radical (unpaired) electrons. The van der Waals surface area contributed by atoms with Crippen LogP contribution in [0.1, 0.15) is 35.9 Å². The van der Waals surface area contributed by atoms with E-state index in [2.05, 4.69) is 18.8 Å². The summed E-state index contributed by atoms with van der Waals surface area (Å²) in [5.74, 6) is 0.282. The number of hydrogen-bond donors (Lipinski definition) is 0. The van der Waals surface area contributed by atoms with Gasteiger partial charge in [0, 0.05) is 11.1 Å². The molecule has 0 aliphatic carbocycles. The predicted molar refractivity (Wildman–Crippen MR) is 71.3 cm³/mol. The van der Waals surface area contributed by atoms with Gasteiger partial charge < -0.3 is 0 Å². The minimum absolute atomic E-state index is 0.197. The van der Waals surface area contributed by atoms with Crippen molar-refractivity contribution < 1.29 is 0 Å². The first-order chi connectivity index (χ1) is 7.99. The predicted octanol–water partition coefficient (Wildman–Crippen LogP) is 3.03. The third kappa shape index (κ3) is 2.31. The molecule has 90 valence electrons. The fourth-order valence-corrected chi connectivity index (χ4v) is 2.58. The molecule has 0 amide bonds. The average molecular weight is 248 g/mol. The van der Waals surface area contributed by atoms with E-state index in [1.165, 1.54) is 10.4 Å². The van der Waals surface area contributed by atoms with Gasteiger partial charge in [-0.15, -0.1) is 11.3 Å². The van der Waals surface area contributed by atoms with Crippen molar-refractivity contribution in [3.63, 3.8) is 0 Å². The molecule has 0 N–H and O–H groups in total. The second-order valence-electron chi connectivity index (χ2n) is 4.48. The van der Waals surface area contributed by atoms with Crippen LogP contribution in [0.3, 0.4) is 0 Å². The fourth-order valence-electron chi connectivity index (χ4n) is 1.58. The molecule has 4 heteroatoms. The lowest BCUT2D eigenvalue weighted by atomic mass is 10.1. The zero-order valence-corrected chi connectivity index (χ0v) is 11.3. The molecule has 2 rings (SSSR count). The van der Waals surface area contributed by atoms with E-state index in [1.54, 1.807) is 15.9 Å². The molecule has 0 fully saturated rings. The fraction of sp³-hybridized carbons (Fsp3) is 0.385. The maximum Gasteiger partial charge on any atom is 0.353 e. The number of hydrogen-bond acceptors (Lipinski definition) is 3. The van der Waals surface area contributed by atoms with Crippen LogP contribution in [-0.4, -0.2) is 9.55 Å². The quantitative estimate of drug-likeness (QED) is 0.818. The topological polar surface area (TPSA) is 34.9 Å². The molecule has 0 atom stereocenters. The third-order valence-corrected chi connectivity index (χ3v) is 3.96. The summed E-state index contributed by atoms with van der Waals surface area (Å²) in [6, 6.07) is 3.94. The lowest BCUT2D eigenvalue weighted by Gasteiger charge is -2.05. The van der Waals surface area contributed by atoms with Gasteiger partial charge in [-0.25, -0.2) is 4.79 Å². The second kappa shape index (κ2) is 4.45. The zero-order valence-electron chi connectivity index (χ0n) is 10.5. The molecule has 3 nitrogen and oxygen atoms in total. The first-order valence-corrected chi connectivity index (χ1v) is 6.47. The highest BCUT2D eigenvalue weighted by Gasteiger charge is 2.08. The Morgan fingerprint density at radius 1 is 1.35 bits per heavy atom. The molecule has 17 heavy (non-hydrogen) atoms. The second-order valence-corrected chi connectivity index (χ2v) is 5.72. The molecular formula is C13H16N2OS. The highest BCUT2D eigenvalue weighted by atomic mass is 32.1. The molecule has 2 aromatic heterocycles. The number of aryl methyl sites for hydroxylation is 2. The molecule has 0 spiro atoms. The Labute approximate surface area is 105 Å². The van der Waals surface area contributed by atoms with Crippen molar-refractivity contribution in [1.82, 2.24) is 9.55 Å². The number of thiophene rings is 1. The molecule has 0 saturated carbocycles. The summed E-state index contributed by atoms with van der Waals surface area (Å²) >= 11 is 1.62. The van der Waals surface area contributed by atoms with Crippen molar-refractivity contribution in [3.8, 4) is 5.00 Å². The maximum atomic E-state index is 11.9. The lowest BCUT2D eigenvalue weighted by Crippen LogP contribution is -2.21. The van der Waals surface area contributed by atoms with Crippen molar-refractivity contribution in [2.45, 2.75) is 33.6 Å². The van der Waals surface area contributed by atoms with Crippen molar-refractivity contribution in [3.05, 3.63) is 44.9 Å². The van der Waals surface area contributed by atoms with Crippen LogP contribution < -0.4 is 5.69 Å². The van der Waals surface area contributed by atoms with E-state index in [4.69, 9.17) is 0 Å². The number of rotatable bonds is 2. The number of aromatic nitrogens is 2. The van der Waals surface area contributed by atoms with Crippen molar-refractivity contribution >= 4 is 11.3 Å². The molecule has 2 heterocycles. The van der Waals surface area contributed by atoms with E-state index in [1.807, 2.05) is 32.2 Å². The molecule has 0 unspecified atom stereocenters. The Balaban J connectivity index is 2.50. The van der Waals surface area contributed by atoms with Gasteiger partial charge in [0.25, 0.3) is 0 Å². The summed E-state index contributed by atoms with van der Waals surface area (Å²) in [4.78, 5) is 17.3. The summed E-state index contributed by atoms with van der Waals surface area (Å²) in [6.07, 6.45) is 1.81. The average Bonchev–Trinajstić information content (AvgIpc) is 2.58. The molecule has 0 bridgehead atoms. The van der Waals surface area contributed by atoms with E-state index in [-0.39, 0.29) is 11.6 Å². The first kappa shape index (κ1) is 12.0. The van der Waals surface area contributed by atoms with Gasteiger partial charge in [-0.1, -0.05) is 13.8 Å². The van der Waals surface area contributed by atoms with E-state index in [9.17, 15) is 4.79 Å². The van der Waals surface area contributed by atoms with Crippen LogP contribution in [0.4, 0.5) is 0 Å². The highest BCUT2D eigenvalue weighted by Crippen LogP contribution is 2.23. The Kier molecular flexibility index (Phi) is 3.15. The molecule has 0 aliphatic rings. The minimum Gasteiger partial charge on any atom is -0.259 e. The highest BCUT2D eigenvalue weighted by molar-refractivity contribution is 7.14. The molecule has 2 aromatic rings. The van der Waals surface area contributed by atoms with Gasteiger partial charge in [0.05, 0.1) is 5.69 Å². The maximum absolute atomic E-state index is 11.9. The van der Waals surface area contributed by atoms with Gasteiger partial charge in [0.1, 0.15) is 5.00 Å². The van der Waals surface area contributed by atoms with Gasteiger partial charge in [0.2, 0.25) is 0 Å². The standard InChI is InChI=1S/C13H16N2OS/c1-8(2)11-5-6-15(13(16)14-11)12-7-9(3)10(4)17-12/h5-8H,1-4H3. The van der Waals surface area contributed by atoms with Crippen molar-refractivity contribution in [2.75, 3.05) is 0 Å². The Hall–Kier alpha value is -1.42. The van der Waals surface area contributed by atoms with E-state index < -0.39 is 0 Å². The minimum atomic E-state index is -0.197. The third-order valence-electron chi connectivity index (χ3n) is 2.81. The zero-order chi connectivity index (χ0) is 12.6. The van der Waals surface area contributed by atoms with Crippen molar-refractivity contribution in [1.29, 1.82) is 0 Å². The Morgan fingerprint density at radius 2 is 2.06 bits per heavy atom. The van der Waals surface area contributed by atoms with Crippen LogP contribution >= 0.6 is 11.3 Å². The van der Waals surface area contributed by atoms with Crippen LogP contribution in [0.15, 0.2) is 23.1 Å². The van der Waals surface area contributed by atoms with E-state index in [0.717, 1.165) is 10.7 Å². The smallest absolute Gasteiger partial charge is 0.259 e. The van der Waals surface area contributed by atoms with E-state index >= 15 is 0 Å². The molecular weight excluding hydrogens is 232 g/mol. The summed E-state index contributed by atoms with van der Waals surface area (Å²) < 4.78 is 1.61. The normalized spacial score (nSPS) is 11.1. The van der Waals surface area contributed by atoms with Gasteiger partial charge >= 0.3 is 5.69 Å². The van der Waals surface area contributed by atoms with Crippen LogP contribution in [0.25, 0.3) is 5.00 Å². The van der Waals surface area contributed by atoms with E-state index in [0.29, 0.717) is 0 Å². The van der Waals surface area contributed by atoms with Gasteiger partial charge in [0.15, 0.2) is 0 Å². The van der Waals surface area contributed by atoms with Gasteiger partial charge in [-0.05, 0) is 37.5 Å². The molecule has 0 aromatic carbocycles. The summed E-state index contributed by atoms with van der Waals surface area (Å²) in [5, 5.41) is 0.938. The largest absolute Gasteiger partial charge is 0.353 e. The number of nitrogens with zero attached hydrogens (tertiary/aromatic N) is 2. The van der Waals surface area contributed by atoms with Gasteiger partial charge in [-0.2, -0.15) is 4.98 Å². The van der Waals surface area contributed by atoms with Crippen LogP contribution in [0.5, 0.6) is 0 Å². The van der Waals surface area contributed by atoms with Crippen LogP contribution in [0, 0.1) is 13.8 Å². The van der Waals surface area contributed by atoms with Crippen LogP contribution in [-0.2, 0) is 0 Å². The molecule has 0 aliphatic heterocycles. The Bertz CT molecular complexity index is 576. The first-order valence-electron chi connectivity index (χ1n) is 5.66.